The molecule has 0 saturated carbocycles. The van der Waals surface area contributed by atoms with Gasteiger partial charge in [0.15, 0.2) is 0 Å². The van der Waals surface area contributed by atoms with Crippen LogP contribution in [-0.2, 0) is 31.5 Å². The topological polar surface area (TPSA) is 51.2 Å². The molecule has 4 heteroatoms. The van der Waals surface area contributed by atoms with Gasteiger partial charge in [0, 0.05) is 0 Å². The quantitative estimate of drug-likeness (QED) is 0.341. The molecular formula is C4H3FeO3. The predicted octanol–water partition coefficient (Wildman–Crippen LogP) is -0.744. The Balaban J connectivity index is -0.00000000500. The van der Waals surface area contributed by atoms with Crippen molar-refractivity contribution in [3.8, 4) is 0 Å². The Kier molecular flexibility index (Phi) is 5660. The normalized spacial score (nSPS) is 1.50. The van der Waals surface area contributed by atoms with E-state index >= 15 is 0 Å². The second-order valence-electron chi connectivity index (χ2n) is 0. The van der Waals surface area contributed by atoms with Crippen molar-refractivity contribution in [2.24, 2.45) is 0 Å². The number of hydrogen-bond donors (Lipinski definition) is 0. The van der Waals surface area contributed by atoms with Gasteiger partial charge in [0.2, 0.25) is 0 Å². The van der Waals surface area contributed by atoms with Crippen LogP contribution in [0.5, 0.6) is 0 Å². The Hall–Kier alpha value is -0.471. The van der Waals surface area contributed by atoms with E-state index in [0.29, 0.717) is 0 Å². The number of carbonyl (C=O) groups excluding carboxylic acids is 3. The first kappa shape index (κ1) is 50.2. The molecule has 0 N–H and O–H groups in total. The van der Waals surface area contributed by atoms with Gasteiger partial charge in [0.1, 0.15) is 0 Å². The zero-order valence-electron chi connectivity index (χ0n) is 4.08. The Morgan fingerprint density at radius 1 is 0.625 bits per heavy atom. The molecule has 8 heavy (non-hydrogen) atoms. The zero-order chi connectivity index (χ0) is 6.00. The van der Waals surface area contributed by atoms with E-state index in [4.69, 9.17) is 14.4 Å². The van der Waals surface area contributed by atoms with Gasteiger partial charge in [0.05, 0.1) is 0 Å². The fraction of sp³-hybridized carbons (Fsp3) is 0. The minimum Gasteiger partial charge on any atom is -0.573 e. The van der Waals surface area contributed by atoms with E-state index < -0.39 is 0 Å². The first-order chi connectivity index (χ1) is 3.00. The molecule has 0 unspecified atom stereocenters. The molecule has 0 amide bonds. The summed E-state index contributed by atoms with van der Waals surface area (Å²) in [6, 6.07) is 0. The van der Waals surface area contributed by atoms with Gasteiger partial charge in [0.25, 0.3) is 0 Å². The molecule has 0 aromatic rings. The van der Waals surface area contributed by atoms with Gasteiger partial charge < -0.3 is 42.2 Å². The van der Waals surface area contributed by atoms with E-state index in [9.17, 15) is 0 Å². The summed E-state index contributed by atoms with van der Waals surface area (Å²) in [5, 5.41) is 0. The second-order valence-corrected chi connectivity index (χ2v) is 0. The maximum absolute atomic E-state index is 7.50. The third-order valence-electron chi connectivity index (χ3n) is 0. The molecule has 0 aliphatic carbocycles. The SMILES string of the molecule is [C-]=O.[C-]=O.[C-]=O.[CH3-].[Fe+4]. The minimum absolute atomic E-state index is 0. The minimum atomic E-state index is 0. The summed E-state index contributed by atoms with van der Waals surface area (Å²) < 4.78 is 0. The third-order valence-corrected chi connectivity index (χ3v) is 0. The van der Waals surface area contributed by atoms with E-state index in [2.05, 4.69) is 20.4 Å². The summed E-state index contributed by atoms with van der Waals surface area (Å²) in [5.41, 5.74) is 0. The van der Waals surface area contributed by atoms with Crippen LogP contribution in [0.25, 0.3) is 0 Å². The molecule has 0 aromatic carbocycles. The van der Waals surface area contributed by atoms with Gasteiger partial charge >= 0.3 is 17.1 Å². The van der Waals surface area contributed by atoms with Crippen LogP contribution in [0.15, 0.2) is 0 Å². The van der Waals surface area contributed by atoms with Crippen LogP contribution in [0.4, 0.5) is 0 Å². The van der Waals surface area contributed by atoms with E-state index in [-0.39, 0.29) is 24.5 Å². The molecule has 0 rings (SSSR count). The molecule has 3 nitrogen and oxygen atoms in total. The summed E-state index contributed by atoms with van der Waals surface area (Å²) >= 11 is 0. The van der Waals surface area contributed by atoms with Crippen LogP contribution in [0, 0.1) is 7.43 Å². The van der Waals surface area contributed by atoms with Crippen LogP contribution in [0.1, 0.15) is 0 Å². The maximum Gasteiger partial charge on any atom is 4.00 e. The van der Waals surface area contributed by atoms with E-state index in [1.165, 1.54) is 0 Å². The molecule has 0 saturated heterocycles. The molecule has 3 radical (unpaired) electrons. The van der Waals surface area contributed by atoms with Crippen LogP contribution >= 0.6 is 0 Å². The zero-order valence-corrected chi connectivity index (χ0v) is 5.18. The summed E-state index contributed by atoms with van der Waals surface area (Å²) in [6.07, 6.45) is 0. The molecule has 0 bridgehead atoms. The van der Waals surface area contributed by atoms with Gasteiger partial charge in [-0.3, -0.25) is 0 Å². The molecule has 0 spiro atoms. The van der Waals surface area contributed by atoms with Gasteiger partial charge in [-0.15, -0.1) is 0 Å². The van der Waals surface area contributed by atoms with Crippen molar-refractivity contribution in [2.45, 2.75) is 0 Å². The summed E-state index contributed by atoms with van der Waals surface area (Å²) in [7, 11) is 0. The van der Waals surface area contributed by atoms with Crippen LogP contribution in [-0.4, -0.2) is 20.4 Å². The van der Waals surface area contributed by atoms with Crippen molar-refractivity contribution in [3.63, 3.8) is 0 Å². The molecule has 0 aromatic heterocycles. The Morgan fingerprint density at radius 3 is 0.625 bits per heavy atom. The van der Waals surface area contributed by atoms with Crippen molar-refractivity contribution in [3.05, 3.63) is 7.43 Å². The molecule has 45 valence electrons. The van der Waals surface area contributed by atoms with E-state index in [1.807, 2.05) is 0 Å². The molecule has 0 atom stereocenters. The van der Waals surface area contributed by atoms with Crippen molar-refractivity contribution in [2.75, 3.05) is 0 Å². The van der Waals surface area contributed by atoms with Gasteiger partial charge in [-0.25, -0.2) is 0 Å². The summed E-state index contributed by atoms with van der Waals surface area (Å²) in [6.45, 7) is 13.5. The van der Waals surface area contributed by atoms with Crippen LogP contribution < -0.4 is 0 Å². The summed E-state index contributed by atoms with van der Waals surface area (Å²) in [5.74, 6) is 0. The molecule has 0 fully saturated rings. The third kappa shape index (κ3) is 512. The standard InChI is InChI=1S/3CO.CH3.Fe/c3*1-2;;/h;;;1H3;/q4*-1;+4. The van der Waals surface area contributed by atoms with Gasteiger partial charge in [-0.2, -0.15) is 0 Å². The monoisotopic (exact) mass is 155 g/mol. The van der Waals surface area contributed by atoms with Crippen LogP contribution in [0.3, 0.4) is 0 Å². The first-order valence-corrected chi connectivity index (χ1v) is 0.612. The maximum atomic E-state index is 7.50. The second kappa shape index (κ2) is 902. The van der Waals surface area contributed by atoms with Gasteiger partial charge in [-0.05, 0) is 0 Å². The number of rotatable bonds is 0. The fourth-order valence-electron chi connectivity index (χ4n) is 0. The van der Waals surface area contributed by atoms with Crippen molar-refractivity contribution >= 4 is 20.4 Å². The van der Waals surface area contributed by atoms with Crippen LogP contribution in [0.2, 0.25) is 0 Å². The van der Waals surface area contributed by atoms with Crippen molar-refractivity contribution in [1.82, 2.24) is 0 Å². The van der Waals surface area contributed by atoms with Gasteiger partial charge in [-0.1, -0.05) is 0 Å². The number of hydrogen-bond acceptors (Lipinski definition) is 3. The first-order valence-electron chi connectivity index (χ1n) is 0.612. The Bertz CT molecular complexity index is 16.0. The van der Waals surface area contributed by atoms with E-state index in [1.54, 1.807) is 0 Å². The molecule has 0 aliphatic rings. The Labute approximate surface area is 59.9 Å². The predicted molar refractivity (Wildman–Crippen MR) is 23.5 cm³/mol. The molecule has 0 aliphatic heterocycles. The fourth-order valence-corrected chi connectivity index (χ4v) is 0. The largest absolute Gasteiger partial charge is 4.00 e. The average molecular weight is 155 g/mol. The summed E-state index contributed by atoms with van der Waals surface area (Å²) in [4.78, 5) is 22.5. The Morgan fingerprint density at radius 2 is 0.625 bits per heavy atom. The van der Waals surface area contributed by atoms with Crippen molar-refractivity contribution in [1.29, 1.82) is 0 Å². The van der Waals surface area contributed by atoms with Crippen molar-refractivity contribution < 1.29 is 31.5 Å². The smallest absolute Gasteiger partial charge is 0.573 e. The molecule has 0 heterocycles. The van der Waals surface area contributed by atoms with E-state index in [0.717, 1.165) is 0 Å². The average Bonchev–Trinajstić information content (AvgIpc) is 1.81. The molecular weight excluding hydrogens is 152 g/mol.